The van der Waals surface area contributed by atoms with Crippen LogP contribution >= 0.6 is 0 Å². The van der Waals surface area contributed by atoms with Crippen LogP contribution in [0.4, 0.5) is 11.4 Å². The zero-order chi connectivity index (χ0) is 23.0. The molecule has 1 saturated heterocycles. The van der Waals surface area contributed by atoms with Crippen LogP contribution in [-0.4, -0.2) is 74.9 Å². The van der Waals surface area contributed by atoms with Gasteiger partial charge in [-0.05, 0) is 34.6 Å². The van der Waals surface area contributed by atoms with Crippen LogP contribution in [0.15, 0.2) is 12.1 Å². The summed E-state index contributed by atoms with van der Waals surface area (Å²) in [7, 11) is 0. The van der Waals surface area contributed by atoms with E-state index in [0.29, 0.717) is 43.6 Å². The molecule has 0 bridgehead atoms. The number of carbonyl (C=O) groups excluding carboxylic acids is 2. The second-order valence-corrected chi connectivity index (χ2v) is 8.32. The lowest BCUT2D eigenvalue weighted by atomic mass is 10.1. The minimum absolute atomic E-state index is 0.00456. The molecule has 1 fully saturated rings. The van der Waals surface area contributed by atoms with Gasteiger partial charge in [0.15, 0.2) is 0 Å². The van der Waals surface area contributed by atoms with Crippen molar-refractivity contribution in [2.24, 2.45) is 5.73 Å². The summed E-state index contributed by atoms with van der Waals surface area (Å²) in [4.78, 5) is 28.2. The molecule has 9 heteroatoms. The number of amides is 2. The van der Waals surface area contributed by atoms with Crippen LogP contribution in [0.5, 0.6) is 11.5 Å². The summed E-state index contributed by atoms with van der Waals surface area (Å²) in [6, 6.07) is 3.70. The van der Waals surface area contributed by atoms with Gasteiger partial charge in [0.1, 0.15) is 11.5 Å². The number of carbonyl (C=O) groups is 2. The van der Waals surface area contributed by atoms with E-state index >= 15 is 0 Å². The van der Waals surface area contributed by atoms with Gasteiger partial charge >= 0.3 is 0 Å². The number of ether oxygens (including phenoxy) is 3. The number of nitrogens with zero attached hydrogens (tertiary/aromatic N) is 2. The van der Waals surface area contributed by atoms with E-state index in [9.17, 15) is 9.59 Å². The number of rotatable bonds is 10. The van der Waals surface area contributed by atoms with Gasteiger partial charge in [0.2, 0.25) is 11.8 Å². The SMILES string of the molecule is CCOc1cc(N2CCOCC2)c(OCC)cc1NC(=O)CN(CC(N)=O)C(C)(C)C. The van der Waals surface area contributed by atoms with E-state index in [1.807, 2.05) is 40.7 Å². The molecule has 0 radical (unpaired) electrons. The second kappa shape index (κ2) is 11.2. The highest BCUT2D eigenvalue weighted by molar-refractivity contribution is 5.95. The van der Waals surface area contributed by atoms with Gasteiger partial charge in [0.05, 0.1) is 50.9 Å². The van der Waals surface area contributed by atoms with Gasteiger partial charge in [-0.1, -0.05) is 0 Å². The topological polar surface area (TPSA) is 106 Å². The lowest BCUT2D eigenvalue weighted by Crippen LogP contribution is -2.49. The van der Waals surface area contributed by atoms with E-state index < -0.39 is 11.4 Å². The number of morpholine rings is 1. The molecule has 0 spiro atoms. The first kappa shape index (κ1) is 24.7. The van der Waals surface area contributed by atoms with E-state index in [1.54, 1.807) is 11.0 Å². The zero-order valence-electron chi connectivity index (χ0n) is 19.3. The number of anilines is 2. The Morgan fingerprint density at radius 3 is 2.26 bits per heavy atom. The van der Waals surface area contributed by atoms with Crippen LogP contribution in [0, 0.1) is 0 Å². The lowest BCUT2D eigenvalue weighted by Gasteiger charge is -2.34. The van der Waals surface area contributed by atoms with Crippen molar-refractivity contribution in [2.45, 2.75) is 40.2 Å². The average Bonchev–Trinajstić information content (AvgIpc) is 2.69. The molecule has 0 unspecified atom stereocenters. The number of nitrogens with one attached hydrogen (secondary N) is 1. The number of nitrogens with two attached hydrogens (primary N) is 1. The van der Waals surface area contributed by atoms with E-state index in [0.717, 1.165) is 18.8 Å². The Bertz CT molecular complexity index is 757. The van der Waals surface area contributed by atoms with Gasteiger partial charge < -0.3 is 30.2 Å². The molecule has 9 nitrogen and oxygen atoms in total. The molecule has 1 aliphatic rings. The zero-order valence-corrected chi connectivity index (χ0v) is 19.3. The monoisotopic (exact) mass is 436 g/mol. The van der Waals surface area contributed by atoms with Gasteiger partial charge in [-0.25, -0.2) is 0 Å². The Labute approximate surface area is 184 Å². The molecule has 2 amide bonds. The van der Waals surface area contributed by atoms with Crippen LogP contribution in [0.25, 0.3) is 0 Å². The van der Waals surface area contributed by atoms with E-state index in [-0.39, 0.29) is 19.0 Å². The highest BCUT2D eigenvalue weighted by Gasteiger charge is 2.26. The number of hydrogen-bond donors (Lipinski definition) is 2. The van der Waals surface area contributed by atoms with Gasteiger partial charge in [-0.2, -0.15) is 0 Å². The van der Waals surface area contributed by atoms with Crippen LogP contribution in [0.3, 0.4) is 0 Å². The van der Waals surface area contributed by atoms with Crippen molar-refractivity contribution >= 4 is 23.2 Å². The minimum atomic E-state index is -0.480. The van der Waals surface area contributed by atoms with E-state index in [4.69, 9.17) is 19.9 Å². The fourth-order valence-electron chi connectivity index (χ4n) is 3.33. The Hall–Kier alpha value is -2.52. The molecule has 2 rings (SSSR count). The summed E-state index contributed by atoms with van der Waals surface area (Å²) in [6.45, 7) is 13.4. The Morgan fingerprint density at radius 1 is 1.10 bits per heavy atom. The van der Waals surface area contributed by atoms with Gasteiger partial charge in [-0.15, -0.1) is 0 Å². The number of benzene rings is 1. The fourth-order valence-corrected chi connectivity index (χ4v) is 3.33. The van der Waals surface area contributed by atoms with Crippen LogP contribution < -0.4 is 25.4 Å². The maximum absolute atomic E-state index is 12.8. The predicted octanol–water partition coefficient (Wildman–Crippen LogP) is 1.84. The Morgan fingerprint density at radius 2 is 1.71 bits per heavy atom. The summed E-state index contributed by atoms with van der Waals surface area (Å²) >= 11 is 0. The normalized spacial score (nSPS) is 14.5. The molecular weight excluding hydrogens is 400 g/mol. The molecular formula is C22H36N4O5. The Balaban J connectivity index is 2.29. The molecule has 0 saturated carbocycles. The molecule has 0 atom stereocenters. The lowest BCUT2D eigenvalue weighted by molar-refractivity contribution is -0.123. The van der Waals surface area contributed by atoms with Crippen LogP contribution in [0.1, 0.15) is 34.6 Å². The van der Waals surface area contributed by atoms with Crippen molar-refractivity contribution in [3.05, 3.63) is 12.1 Å². The van der Waals surface area contributed by atoms with Crippen molar-refractivity contribution in [3.8, 4) is 11.5 Å². The predicted molar refractivity (Wildman–Crippen MR) is 121 cm³/mol. The molecule has 0 aliphatic carbocycles. The highest BCUT2D eigenvalue weighted by Crippen LogP contribution is 2.39. The van der Waals surface area contributed by atoms with E-state index in [1.165, 1.54) is 0 Å². The first-order valence-corrected chi connectivity index (χ1v) is 10.7. The Kier molecular flexibility index (Phi) is 8.94. The largest absolute Gasteiger partial charge is 0.492 e. The molecule has 31 heavy (non-hydrogen) atoms. The van der Waals surface area contributed by atoms with Crippen LogP contribution in [0.2, 0.25) is 0 Å². The number of hydrogen-bond acceptors (Lipinski definition) is 7. The van der Waals surface area contributed by atoms with Gasteiger partial charge in [-0.3, -0.25) is 14.5 Å². The summed E-state index contributed by atoms with van der Waals surface area (Å²) in [6.07, 6.45) is 0. The van der Waals surface area contributed by atoms with Crippen molar-refractivity contribution in [2.75, 3.05) is 62.8 Å². The van der Waals surface area contributed by atoms with E-state index in [2.05, 4.69) is 10.2 Å². The second-order valence-electron chi connectivity index (χ2n) is 8.32. The third kappa shape index (κ3) is 7.29. The third-order valence-corrected chi connectivity index (χ3v) is 4.92. The maximum Gasteiger partial charge on any atom is 0.238 e. The van der Waals surface area contributed by atoms with Crippen molar-refractivity contribution in [1.82, 2.24) is 4.90 Å². The summed E-state index contributed by atoms with van der Waals surface area (Å²) in [5.74, 6) is 0.496. The van der Waals surface area contributed by atoms with Crippen LogP contribution in [-0.2, 0) is 14.3 Å². The molecule has 0 aromatic heterocycles. The maximum atomic E-state index is 12.8. The summed E-state index contributed by atoms with van der Waals surface area (Å²) < 4.78 is 17.2. The molecule has 3 N–H and O–H groups in total. The van der Waals surface area contributed by atoms with Crippen molar-refractivity contribution in [1.29, 1.82) is 0 Å². The quantitative estimate of drug-likeness (QED) is 0.576. The summed E-state index contributed by atoms with van der Waals surface area (Å²) in [5.41, 5.74) is 6.40. The molecule has 1 aromatic rings. The first-order chi connectivity index (χ1) is 14.7. The first-order valence-electron chi connectivity index (χ1n) is 10.7. The third-order valence-electron chi connectivity index (χ3n) is 4.92. The van der Waals surface area contributed by atoms with Crippen molar-refractivity contribution < 1.29 is 23.8 Å². The average molecular weight is 437 g/mol. The molecule has 1 aliphatic heterocycles. The standard InChI is InChI=1S/C22H36N4O5/c1-6-30-18-13-17(25-8-10-29-11-9-25)19(31-7-2)12-16(18)24-21(28)15-26(14-20(23)27)22(3,4)5/h12-13H,6-11,14-15H2,1-5H3,(H2,23,27)(H,24,28). The molecule has 1 aromatic carbocycles. The summed E-state index contributed by atoms with van der Waals surface area (Å²) in [5, 5.41) is 2.92. The molecule has 1 heterocycles. The minimum Gasteiger partial charge on any atom is -0.492 e. The molecule has 174 valence electrons. The van der Waals surface area contributed by atoms with Gasteiger partial charge in [0.25, 0.3) is 0 Å². The van der Waals surface area contributed by atoms with Crippen molar-refractivity contribution in [3.63, 3.8) is 0 Å². The fraction of sp³-hybridized carbons (Fsp3) is 0.636. The highest BCUT2D eigenvalue weighted by atomic mass is 16.5. The van der Waals surface area contributed by atoms with Gasteiger partial charge in [0, 0.05) is 30.8 Å². The number of primary amides is 1. The smallest absolute Gasteiger partial charge is 0.238 e.